The summed E-state index contributed by atoms with van der Waals surface area (Å²) in [6.45, 7) is 0.246. The highest BCUT2D eigenvalue weighted by molar-refractivity contribution is 8.01. The molecule has 0 atom stereocenters. The van der Waals surface area contributed by atoms with Gasteiger partial charge in [-0.15, -0.1) is 11.8 Å². The number of carbonyl (C=O) groups excluding carboxylic acids is 1. The lowest BCUT2D eigenvalue weighted by atomic mass is 9.56. The van der Waals surface area contributed by atoms with Crippen LogP contribution in [0.15, 0.2) is 0 Å². The summed E-state index contributed by atoms with van der Waals surface area (Å²) in [5, 5.41) is 11.3. The van der Waals surface area contributed by atoms with Crippen molar-refractivity contribution < 1.29 is 14.7 Å². The van der Waals surface area contributed by atoms with Gasteiger partial charge in [-0.05, 0) is 56.3 Å². The molecule has 0 aromatic heterocycles. The number of aliphatic carboxylic acids is 1. The fourth-order valence-corrected chi connectivity index (χ4v) is 6.39. The number of carbonyl (C=O) groups is 2. The number of hydrogen-bond acceptors (Lipinski definition) is 3. The molecule has 20 heavy (non-hydrogen) atoms. The summed E-state index contributed by atoms with van der Waals surface area (Å²) in [6, 6.07) is 0. The molecule has 112 valence electrons. The molecule has 0 aromatic carbocycles. The van der Waals surface area contributed by atoms with Gasteiger partial charge in [-0.1, -0.05) is 0 Å². The zero-order valence-electron chi connectivity index (χ0n) is 11.8. The fraction of sp³-hybridized carbons (Fsp3) is 0.867. The molecule has 4 aliphatic carbocycles. The van der Waals surface area contributed by atoms with E-state index >= 15 is 0 Å². The van der Waals surface area contributed by atoms with Crippen molar-refractivity contribution in [2.75, 3.05) is 12.3 Å². The Kier molecular flexibility index (Phi) is 3.98. The molecule has 0 aliphatic heterocycles. The average Bonchev–Trinajstić information content (AvgIpc) is 2.34. The van der Waals surface area contributed by atoms with Crippen LogP contribution in [0.5, 0.6) is 0 Å². The minimum absolute atomic E-state index is 0.00741. The van der Waals surface area contributed by atoms with Gasteiger partial charge in [-0.3, -0.25) is 9.59 Å². The maximum atomic E-state index is 11.8. The minimum Gasteiger partial charge on any atom is -0.481 e. The van der Waals surface area contributed by atoms with E-state index in [4.69, 9.17) is 5.11 Å². The Morgan fingerprint density at radius 1 is 1.10 bits per heavy atom. The lowest BCUT2D eigenvalue weighted by Crippen LogP contribution is -2.49. The van der Waals surface area contributed by atoms with E-state index < -0.39 is 5.97 Å². The first-order chi connectivity index (χ1) is 9.55. The second-order valence-electron chi connectivity index (χ2n) is 6.88. The van der Waals surface area contributed by atoms with Gasteiger partial charge >= 0.3 is 5.97 Å². The number of hydrogen-bond donors (Lipinski definition) is 2. The zero-order valence-corrected chi connectivity index (χ0v) is 12.6. The van der Waals surface area contributed by atoms with E-state index in [0.717, 1.165) is 17.8 Å². The molecule has 4 bridgehead atoms. The Hall–Kier alpha value is -0.710. The molecule has 4 fully saturated rings. The predicted molar refractivity (Wildman–Crippen MR) is 78.6 cm³/mol. The number of carboxylic acids is 1. The standard InChI is InChI=1S/C15H23NO3S/c17-13(16-2-1-14(18)19)9-20-15-6-10-3-11(7-15)5-12(4-10)8-15/h10-12H,1-9H2,(H,16,17)(H,18,19). The second kappa shape index (κ2) is 5.58. The lowest BCUT2D eigenvalue weighted by molar-refractivity contribution is -0.136. The molecule has 0 heterocycles. The first kappa shape index (κ1) is 14.2. The van der Waals surface area contributed by atoms with E-state index in [-0.39, 0.29) is 18.9 Å². The number of amides is 1. The van der Waals surface area contributed by atoms with Crippen LogP contribution in [-0.4, -0.2) is 34.0 Å². The predicted octanol–water partition coefficient (Wildman–Crippen LogP) is 2.28. The first-order valence-corrected chi connectivity index (χ1v) is 8.66. The summed E-state index contributed by atoms with van der Waals surface area (Å²) in [6.07, 6.45) is 8.16. The highest BCUT2D eigenvalue weighted by Gasteiger charge is 2.51. The van der Waals surface area contributed by atoms with Crippen molar-refractivity contribution in [1.82, 2.24) is 5.32 Å². The Morgan fingerprint density at radius 3 is 2.15 bits per heavy atom. The second-order valence-corrected chi connectivity index (χ2v) is 8.33. The molecule has 0 spiro atoms. The van der Waals surface area contributed by atoms with Crippen LogP contribution in [-0.2, 0) is 9.59 Å². The first-order valence-electron chi connectivity index (χ1n) is 7.67. The van der Waals surface area contributed by atoms with Crippen LogP contribution in [0.1, 0.15) is 44.9 Å². The van der Waals surface area contributed by atoms with Crippen LogP contribution < -0.4 is 5.32 Å². The lowest BCUT2D eigenvalue weighted by Gasteiger charge is -2.56. The van der Waals surface area contributed by atoms with Gasteiger partial charge in [0.1, 0.15) is 0 Å². The molecule has 1 amide bonds. The molecular formula is C15H23NO3S. The van der Waals surface area contributed by atoms with Crippen LogP contribution in [0.2, 0.25) is 0 Å². The third kappa shape index (κ3) is 3.13. The molecule has 5 heteroatoms. The highest BCUT2D eigenvalue weighted by Crippen LogP contribution is 2.60. The van der Waals surface area contributed by atoms with E-state index in [2.05, 4.69) is 5.32 Å². The third-order valence-corrected chi connectivity index (χ3v) is 6.67. The SMILES string of the molecule is O=C(O)CCNC(=O)CSC12CC3CC(CC(C3)C1)C2. The van der Waals surface area contributed by atoms with E-state index in [1.165, 1.54) is 38.5 Å². The quantitative estimate of drug-likeness (QED) is 0.789. The van der Waals surface area contributed by atoms with Gasteiger partial charge in [0.15, 0.2) is 0 Å². The minimum atomic E-state index is -0.862. The van der Waals surface area contributed by atoms with Crippen LogP contribution in [0, 0.1) is 17.8 Å². The van der Waals surface area contributed by atoms with Crippen molar-refractivity contribution in [3.8, 4) is 0 Å². The van der Waals surface area contributed by atoms with Crippen molar-refractivity contribution in [3.63, 3.8) is 0 Å². The van der Waals surface area contributed by atoms with Crippen molar-refractivity contribution in [2.24, 2.45) is 17.8 Å². The average molecular weight is 297 g/mol. The van der Waals surface area contributed by atoms with Crippen LogP contribution in [0.4, 0.5) is 0 Å². The van der Waals surface area contributed by atoms with Gasteiger partial charge in [0, 0.05) is 11.3 Å². The summed E-state index contributed by atoms with van der Waals surface area (Å²) < 4.78 is 0.360. The molecular weight excluding hydrogens is 274 g/mol. The molecule has 2 N–H and O–H groups in total. The molecule has 4 rings (SSSR count). The maximum absolute atomic E-state index is 11.8. The number of nitrogens with one attached hydrogen (secondary N) is 1. The molecule has 4 aliphatic rings. The smallest absolute Gasteiger partial charge is 0.305 e. The van der Waals surface area contributed by atoms with Gasteiger partial charge < -0.3 is 10.4 Å². The van der Waals surface area contributed by atoms with Crippen molar-refractivity contribution in [1.29, 1.82) is 0 Å². The normalized spacial score (nSPS) is 37.9. The van der Waals surface area contributed by atoms with Crippen molar-refractivity contribution >= 4 is 23.6 Å². The van der Waals surface area contributed by atoms with Gasteiger partial charge in [-0.2, -0.15) is 0 Å². The molecule has 0 saturated heterocycles. The Labute approximate surface area is 124 Å². The Morgan fingerprint density at radius 2 is 1.65 bits per heavy atom. The summed E-state index contributed by atoms with van der Waals surface area (Å²) in [7, 11) is 0. The van der Waals surface area contributed by atoms with Crippen molar-refractivity contribution in [3.05, 3.63) is 0 Å². The largest absolute Gasteiger partial charge is 0.481 e. The third-order valence-electron chi connectivity index (χ3n) is 5.15. The van der Waals surface area contributed by atoms with Gasteiger partial charge in [0.2, 0.25) is 5.91 Å². The monoisotopic (exact) mass is 297 g/mol. The highest BCUT2D eigenvalue weighted by atomic mass is 32.2. The molecule has 4 saturated carbocycles. The molecule has 0 aromatic rings. The van der Waals surface area contributed by atoms with Crippen molar-refractivity contribution in [2.45, 2.75) is 49.7 Å². The topological polar surface area (TPSA) is 66.4 Å². The zero-order chi connectivity index (χ0) is 14.2. The van der Waals surface area contributed by atoms with Gasteiger partial charge in [0.25, 0.3) is 0 Å². The fourth-order valence-electron chi connectivity index (χ4n) is 4.79. The summed E-state index contributed by atoms with van der Waals surface area (Å²) >= 11 is 1.84. The molecule has 0 unspecified atom stereocenters. The van der Waals surface area contributed by atoms with Crippen LogP contribution >= 0.6 is 11.8 Å². The van der Waals surface area contributed by atoms with E-state index in [1.807, 2.05) is 11.8 Å². The van der Waals surface area contributed by atoms with Gasteiger partial charge in [0.05, 0.1) is 12.2 Å². The molecule has 0 radical (unpaired) electrons. The number of thioether (sulfide) groups is 1. The van der Waals surface area contributed by atoms with Crippen LogP contribution in [0.25, 0.3) is 0 Å². The summed E-state index contributed by atoms with van der Waals surface area (Å²) in [5.74, 6) is 2.34. The maximum Gasteiger partial charge on any atom is 0.305 e. The number of rotatable bonds is 6. The molecule has 4 nitrogen and oxygen atoms in total. The Balaban J connectivity index is 1.46. The number of carboxylic acid groups (broad SMARTS) is 1. The van der Waals surface area contributed by atoms with E-state index in [9.17, 15) is 9.59 Å². The van der Waals surface area contributed by atoms with E-state index in [0.29, 0.717) is 10.5 Å². The van der Waals surface area contributed by atoms with Gasteiger partial charge in [-0.25, -0.2) is 0 Å². The Bertz CT molecular complexity index is 375. The van der Waals surface area contributed by atoms with E-state index in [1.54, 1.807) is 0 Å². The van der Waals surface area contributed by atoms with Crippen LogP contribution in [0.3, 0.4) is 0 Å². The summed E-state index contributed by atoms with van der Waals surface area (Å²) in [4.78, 5) is 22.2. The summed E-state index contributed by atoms with van der Waals surface area (Å²) in [5.41, 5.74) is 0.